The van der Waals surface area contributed by atoms with Crippen molar-refractivity contribution >= 4 is 0 Å². The maximum Gasteiger partial charge on any atom is 0.0633 e. The Kier molecular flexibility index (Phi) is 3.32. The van der Waals surface area contributed by atoms with Crippen LogP contribution in [0.15, 0.2) is 12.4 Å². The van der Waals surface area contributed by atoms with Crippen LogP contribution in [0.3, 0.4) is 0 Å². The first-order chi connectivity index (χ1) is 6.37. The van der Waals surface area contributed by atoms with E-state index in [1.165, 1.54) is 0 Å². The fraction of sp³-hybridized carbons (Fsp3) is 0.727. The first-order valence-corrected chi connectivity index (χ1v) is 5.10. The van der Waals surface area contributed by atoms with Crippen LogP contribution in [0.5, 0.6) is 0 Å². The molecule has 0 unspecified atom stereocenters. The zero-order chi connectivity index (χ0) is 10.8. The Labute approximate surface area is 85.8 Å². The number of aromatic nitrogens is 2. The van der Waals surface area contributed by atoms with Gasteiger partial charge in [-0.05, 0) is 25.3 Å². The molecule has 0 aromatic carbocycles. The zero-order valence-corrected chi connectivity index (χ0v) is 9.49. The molecule has 0 saturated heterocycles. The summed E-state index contributed by atoms with van der Waals surface area (Å²) in [4.78, 5) is 0. The van der Waals surface area contributed by atoms with Crippen LogP contribution in [-0.2, 0) is 13.0 Å². The molecule has 1 heterocycles. The third-order valence-electron chi connectivity index (χ3n) is 1.88. The molecule has 14 heavy (non-hydrogen) atoms. The molecule has 0 fully saturated rings. The lowest BCUT2D eigenvalue weighted by Gasteiger charge is -2.14. The van der Waals surface area contributed by atoms with Crippen LogP contribution < -0.4 is 0 Å². The molecule has 1 aromatic rings. The fourth-order valence-corrected chi connectivity index (χ4v) is 1.47. The summed E-state index contributed by atoms with van der Waals surface area (Å²) in [7, 11) is 0. The van der Waals surface area contributed by atoms with Crippen molar-refractivity contribution < 1.29 is 5.11 Å². The standard InChI is InChI=1S/C11H20N2O/c1-9(2)7-13-8-10(6-12-13)5-11(3,4)14/h6,8-9,14H,5,7H2,1-4H3. The van der Waals surface area contributed by atoms with Gasteiger partial charge in [0.1, 0.15) is 0 Å². The molecule has 80 valence electrons. The van der Waals surface area contributed by atoms with Crippen molar-refractivity contribution in [3.05, 3.63) is 18.0 Å². The van der Waals surface area contributed by atoms with Gasteiger partial charge in [-0.1, -0.05) is 13.8 Å². The van der Waals surface area contributed by atoms with Crippen LogP contribution in [-0.4, -0.2) is 20.5 Å². The summed E-state index contributed by atoms with van der Waals surface area (Å²) in [5, 5.41) is 13.9. The second-order valence-corrected chi connectivity index (χ2v) is 4.95. The summed E-state index contributed by atoms with van der Waals surface area (Å²) in [6.45, 7) is 8.89. The molecule has 1 rings (SSSR count). The number of hydrogen-bond acceptors (Lipinski definition) is 2. The van der Waals surface area contributed by atoms with E-state index in [2.05, 4.69) is 18.9 Å². The quantitative estimate of drug-likeness (QED) is 0.798. The minimum atomic E-state index is -0.647. The predicted molar refractivity (Wildman–Crippen MR) is 57.1 cm³/mol. The Balaban J connectivity index is 2.60. The van der Waals surface area contributed by atoms with E-state index >= 15 is 0 Å². The summed E-state index contributed by atoms with van der Waals surface area (Å²) in [6.07, 6.45) is 4.50. The van der Waals surface area contributed by atoms with Crippen molar-refractivity contribution in [2.45, 2.75) is 46.3 Å². The average Bonchev–Trinajstić information content (AvgIpc) is 2.30. The summed E-state index contributed by atoms with van der Waals surface area (Å²) in [5.74, 6) is 0.602. The van der Waals surface area contributed by atoms with Gasteiger partial charge >= 0.3 is 0 Å². The van der Waals surface area contributed by atoms with Gasteiger partial charge in [0.15, 0.2) is 0 Å². The van der Waals surface area contributed by atoms with Gasteiger partial charge in [0.2, 0.25) is 0 Å². The van der Waals surface area contributed by atoms with Crippen LogP contribution in [0.4, 0.5) is 0 Å². The summed E-state index contributed by atoms with van der Waals surface area (Å²) in [6, 6.07) is 0. The van der Waals surface area contributed by atoms with Crippen LogP contribution >= 0.6 is 0 Å². The van der Waals surface area contributed by atoms with E-state index in [1.54, 1.807) is 0 Å². The molecule has 3 nitrogen and oxygen atoms in total. The van der Waals surface area contributed by atoms with Crippen LogP contribution in [0, 0.1) is 5.92 Å². The van der Waals surface area contributed by atoms with Gasteiger partial charge in [0.25, 0.3) is 0 Å². The van der Waals surface area contributed by atoms with Crippen molar-refractivity contribution in [2.24, 2.45) is 5.92 Å². The molecule has 1 aromatic heterocycles. The monoisotopic (exact) mass is 196 g/mol. The van der Waals surface area contributed by atoms with E-state index in [0.29, 0.717) is 12.3 Å². The number of rotatable bonds is 4. The summed E-state index contributed by atoms with van der Waals surface area (Å²) in [5.41, 5.74) is 0.448. The lowest BCUT2D eigenvalue weighted by molar-refractivity contribution is 0.0810. The summed E-state index contributed by atoms with van der Waals surface area (Å²) >= 11 is 0. The highest BCUT2D eigenvalue weighted by molar-refractivity contribution is 5.07. The molecule has 0 radical (unpaired) electrons. The van der Waals surface area contributed by atoms with Crippen molar-refractivity contribution in [3.8, 4) is 0 Å². The largest absolute Gasteiger partial charge is 0.390 e. The first-order valence-electron chi connectivity index (χ1n) is 5.10. The molecule has 0 aliphatic rings. The summed E-state index contributed by atoms with van der Waals surface area (Å²) < 4.78 is 1.94. The van der Waals surface area contributed by atoms with E-state index in [9.17, 15) is 5.11 Å². The Hall–Kier alpha value is -0.830. The van der Waals surface area contributed by atoms with Gasteiger partial charge in [-0.3, -0.25) is 4.68 Å². The smallest absolute Gasteiger partial charge is 0.0633 e. The van der Waals surface area contributed by atoms with Crippen LogP contribution in [0.2, 0.25) is 0 Å². The van der Waals surface area contributed by atoms with E-state index in [4.69, 9.17) is 0 Å². The third-order valence-corrected chi connectivity index (χ3v) is 1.88. The normalized spacial score (nSPS) is 12.4. The molecule has 0 aliphatic heterocycles. The fourth-order valence-electron chi connectivity index (χ4n) is 1.47. The number of nitrogens with zero attached hydrogens (tertiary/aromatic N) is 2. The molecular formula is C11H20N2O. The molecule has 0 amide bonds. The molecular weight excluding hydrogens is 176 g/mol. The van der Waals surface area contributed by atoms with Gasteiger partial charge in [0.05, 0.1) is 11.8 Å². The van der Waals surface area contributed by atoms with Gasteiger partial charge in [0, 0.05) is 19.2 Å². The maximum absolute atomic E-state index is 9.63. The Bertz CT molecular complexity index is 284. The Morgan fingerprint density at radius 2 is 2.14 bits per heavy atom. The molecule has 0 aliphatic carbocycles. The van der Waals surface area contributed by atoms with Gasteiger partial charge in [-0.15, -0.1) is 0 Å². The van der Waals surface area contributed by atoms with Gasteiger partial charge < -0.3 is 5.11 Å². The maximum atomic E-state index is 9.63. The molecule has 3 heteroatoms. The van der Waals surface area contributed by atoms with Gasteiger partial charge in [-0.2, -0.15) is 5.10 Å². The molecule has 0 spiro atoms. The lowest BCUT2D eigenvalue weighted by atomic mass is 10.0. The van der Waals surface area contributed by atoms with Crippen molar-refractivity contribution in [3.63, 3.8) is 0 Å². The number of hydrogen-bond donors (Lipinski definition) is 1. The lowest BCUT2D eigenvalue weighted by Crippen LogP contribution is -2.21. The van der Waals surface area contributed by atoms with E-state index < -0.39 is 5.60 Å². The van der Waals surface area contributed by atoms with Crippen LogP contribution in [0.25, 0.3) is 0 Å². The highest BCUT2D eigenvalue weighted by Crippen LogP contribution is 2.11. The third kappa shape index (κ3) is 3.92. The van der Waals surface area contributed by atoms with E-state index in [-0.39, 0.29) is 0 Å². The molecule has 0 atom stereocenters. The first kappa shape index (κ1) is 11.2. The minimum Gasteiger partial charge on any atom is -0.390 e. The van der Waals surface area contributed by atoms with E-state index in [1.807, 2.05) is 30.9 Å². The number of aliphatic hydroxyl groups is 1. The average molecular weight is 196 g/mol. The second-order valence-electron chi connectivity index (χ2n) is 4.95. The van der Waals surface area contributed by atoms with E-state index in [0.717, 1.165) is 12.1 Å². The zero-order valence-electron chi connectivity index (χ0n) is 9.49. The Morgan fingerprint density at radius 3 is 2.64 bits per heavy atom. The molecule has 0 saturated carbocycles. The molecule has 1 N–H and O–H groups in total. The Morgan fingerprint density at radius 1 is 1.50 bits per heavy atom. The molecule has 0 bridgehead atoms. The van der Waals surface area contributed by atoms with Crippen LogP contribution in [0.1, 0.15) is 33.3 Å². The van der Waals surface area contributed by atoms with Crippen molar-refractivity contribution in [1.82, 2.24) is 9.78 Å². The van der Waals surface area contributed by atoms with Gasteiger partial charge in [-0.25, -0.2) is 0 Å². The highest BCUT2D eigenvalue weighted by atomic mass is 16.3. The SMILES string of the molecule is CC(C)Cn1cc(CC(C)(C)O)cn1. The van der Waals surface area contributed by atoms with Crippen molar-refractivity contribution in [1.29, 1.82) is 0 Å². The highest BCUT2D eigenvalue weighted by Gasteiger charge is 2.14. The topological polar surface area (TPSA) is 38.0 Å². The second kappa shape index (κ2) is 4.13. The minimum absolute atomic E-state index is 0.602. The van der Waals surface area contributed by atoms with Crippen molar-refractivity contribution in [2.75, 3.05) is 0 Å². The predicted octanol–water partition coefficient (Wildman–Crippen LogP) is 1.85.